The van der Waals surface area contributed by atoms with Crippen LogP contribution >= 0.6 is 11.6 Å². The Morgan fingerprint density at radius 1 is 0.942 bits per heavy atom. The molecule has 10 nitrogen and oxygen atoms in total. The zero-order valence-corrected chi connectivity index (χ0v) is 30.4. The highest BCUT2D eigenvalue weighted by molar-refractivity contribution is 6.31. The van der Waals surface area contributed by atoms with Crippen LogP contribution in [-0.2, 0) is 25.5 Å². The number of methoxy groups -OCH3 is 1. The normalized spacial score (nSPS) is 23.2. The van der Waals surface area contributed by atoms with Crippen molar-refractivity contribution in [1.29, 1.82) is 0 Å². The molecule has 0 radical (unpaired) electrons. The molecule has 0 spiro atoms. The minimum atomic E-state index is -1.27. The molecule has 3 aromatic carbocycles. The standard InChI is InChI=1S/C41H42ClN3O7/c1-23(46)52-40(2,3)39(50)44-41-20-25-16-27(21-41)34(28(17-25)22-41)43-37(48)26-12-10-24(11-13-26)18-32-35(38(49)51-4)45(30-8-6-5-7-9-30)33-19-29(42)14-15-31(33)36(32)47/h5-15,19,25,27-28,34H,16-18,20-22H2,1-4H3,(H,43,48)(H,44,50)/t25?,27-,28+,34?,41?. The van der Waals surface area contributed by atoms with Crippen molar-refractivity contribution in [2.45, 2.75) is 76.5 Å². The second kappa shape index (κ2) is 13.5. The summed E-state index contributed by atoms with van der Waals surface area (Å²) in [6, 6.07) is 21.3. The molecular weight excluding hydrogens is 682 g/mol. The molecule has 2 N–H and O–H groups in total. The predicted octanol–water partition coefficient (Wildman–Crippen LogP) is 6.16. The molecule has 0 saturated heterocycles. The zero-order chi connectivity index (χ0) is 36.9. The first kappa shape index (κ1) is 35.4. The van der Waals surface area contributed by atoms with E-state index in [9.17, 15) is 24.0 Å². The van der Waals surface area contributed by atoms with Crippen molar-refractivity contribution in [2.75, 3.05) is 7.11 Å². The van der Waals surface area contributed by atoms with Gasteiger partial charge in [-0.25, -0.2) is 4.79 Å². The highest BCUT2D eigenvalue weighted by Gasteiger charge is 2.57. The SMILES string of the molecule is COC(=O)c1c(Cc2ccc(C(=O)NC3[C@@H]4CC5C[C@H]3CC(NC(=O)C(C)(C)OC(C)=O)(C5)C4)cc2)c(=O)c2ccc(Cl)cc2n1-c1ccccc1. The summed E-state index contributed by atoms with van der Waals surface area (Å²) in [6.07, 6.45) is 4.52. The highest BCUT2D eigenvalue weighted by Crippen LogP contribution is 2.56. The number of rotatable bonds is 9. The van der Waals surface area contributed by atoms with E-state index in [1.165, 1.54) is 14.0 Å². The second-order valence-corrected chi connectivity index (χ2v) is 15.6. The van der Waals surface area contributed by atoms with Crippen molar-refractivity contribution in [1.82, 2.24) is 15.2 Å². The lowest BCUT2D eigenvalue weighted by Gasteiger charge is -2.60. The van der Waals surface area contributed by atoms with Gasteiger partial charge in [0.15, 0.2) is 11.0 Å². The largest absolute Gasteiger partial charge is 0.464 e. The molecule has 1 aromatic heterocycles. The molecule has 3 unspecified atom stereocenters. The molecule has 4 aliphatic carbocycles. The summed E-state index contributed by atoms with van der Waals surface area (Å²) in [6.45, 7) is 4.51. The van der Waals surface area contributed by atoms with Gasteiger partial charge in [-0.1, -0.05) is 41.9 Å². The summed E-state index contributed by atoms with van der Waals surface area (Å²) in [5.74, 6) is -0.720. The highest BCUT2D eigenvalue weighted by atomic mass is 35.5. The van der Waals surface area contributed by atoms with Crippen molar-refractivity contribution in [2.24, 2.45) is 17.8 Å². The van der Waals surface area contributed by atoms with E-state index in [2.05, 4.69) is 10.6 Å². The summed E-state index contributed by atoms with van der Waals surface area (Å²) in [5.41, 5.74) is 0.849. The molecule has 1 heterocycles. The fraction of sp³-hybridized carbons (Fsp3) is 0.390. The van der Waals surface area contributed by atoms with Crippen LogP contribution in [0.2, 0.25) is 5.02 Å². The van der Waals surface area contributed by atoms with Gasteiger partial charge in [0.25, 0.3) is 11.8 Å². The van der Waals surface area contributed by atoms with E-state index in [4.69, 9.17) is 21.1 Å². The second-order valence-electron chi connectivity index (χ2n) is 15.2. The third-order valence-electron chi connectivity index (χ3n) is 11.1. The van der Waals surface area contributed by atoms with Crippen molar-refractivity contribution in [3.05, 3.63) is 110 Å². The van der Waals surface area contributed by atoms with Crippen LogP contribution < -0.4 is 16.1 Å². The van der Waals surface area contributed by atoms with Crippen LogP contribution in [0.25, 0.3) is 16.6 Å². The monoisotopic (exact) mass is 723 g/mol. The first-order valence-corrected chi connectivity index (χ1v) is 18.1. The maximum Gasteiger partial charge on any atom is 0.355 e. The third-order valence-corrected chi connectivity index (χ3v) is 11.3. The van der Waals surface area contributed by atoms with E-state index < -0.39 is 17.5 Å². The number of carbonyl (C=O) groups is 4. The van der Waals surface area contributed by atoms with Gasteiger partial charge >= 0.3 is 11.9 Å². The number of ether oxygens (including phenoxy) is 2. The molecule has 5 atom stereocenters. The van der Waals surface area contributed by atoms with Crippen molar-refractivity contribution in [3.63, 3.8) is 0 Å². The summed E-state index contributed by atoms with van der Waals surface area (Å²) in [7, 11) is 1.29. The van der Waals surface area contributed by atoms with Gasteiger partial charge in [0.05, 0.1) is 12.6 Å². The quantitative estimate of drug-likeness (QED) is 0.198. The molecule has 4 bridgehead atoms. The van der Waals surface area contributed by atoms with E-state index in [0.717, 1.165) is 37.7 Å². The molecule has 4 saturated carbocycles. The summed E-state index contributed by atoms with van der Waals surface area (Å²) < 4.78 is 12.2. The number of benzene rings is 3. The lowest BCUT2D eigenvalue weighted by Crippen LogP contribution is -2.68. The van der Waals surface area contributed by atoms with Gasteiger partial charge in [0, 0.05) is 52.1 Å². The van der Waals surface area contributed by atoms with Crippen LogP contribution in [0.4, 0.5) is 0 Å². The van der Waals surface area contributed by atoms with E-state index in [0.29, 0.717) is 33.1 Å². The first-order valence-electron chi connectivity index (χ1n) is 17.7. The zero-order valence-electron chi connectivity index (χ0n) is 29.7. The molecule has 0 aliphatic heterocycles. The van der Waals surface area contributed by atoms with Crippen molar-refractivity contribution in [3.8, 4) is 5.69 Å². The molecule has 4 fully saturated rings. The lowest BCUT2D eigenvalue weighted by molar-refractivity contribution is -0.165. The molecule has 270 valence electrons. The first-order chi connectivity index (χ1) is 24.8. The number of halogens is 1. The summed E-state index contributed by atoms with van der Waals surface area (Å²) in [5, 5.41) is 7.42. The van der Waals surface area contributed by atoms with Gasteiger partial charge in [-0.3, -0.25) is 19.2 Å². The van der Waals surface area contributed by atoms with Crippen LogP contribution in [0.5, 0.6) is 0 Å². The van der Waals surface area contributed by atoms with Gasteiger partial charge in [-0.15, -0.1) is 0 Å². The van der Waals surface area contributed by atoms with Crippen molar-refractivity contribution >= 4 is 46.3 Å². The lowest BCUT2D eigenvalue weighted by atomic mass is 9.51. The van der Waals surface area contributed by atoms with Gasteiger partial charge in [0.2, 0.25) is 0 Å². The number of pyridine rings is 1. The van der Waals surface area contributed by atoms with Crippen LogP contribution in [0, 0.1) is 17.8 Å². The Morgan fingerprint density at radius 3 is 2.25 bits per heavy atom. The smallest absolute Gasteiger partial charge is 0.355 e. The Balaban J connectivity index is 1.11. The maximum absolute atomic E-state index is 14.0. The minimum absolute atomic E-state index is 0.0135. The Labute approximate surface area is 306 Å². The molecule has 52 heavy (non-hydrogen) atoms. The molecule has 4 aliphatic rings. The van der Waals surface area contributed by atoms with Gasteiger partial charge in [-0.05, 0) is 112 Å². The number of amides is 2. The average Bonchev–Trinajstić information content (AvgIpc) is 3.10. The topological polar surface area (TPSA) is 133 Å². The number of nitrogens with one attached hydrogen (secondary N) is 2. The number of hydrogen-bond acceptors (Lipinski definition) is 7. The van der Waals surface area contributed by atoms with Gasteiger partial charge < -0.3 is 24.7 Å². The van der Waals surface area contributed by atoms with Crippen molar-refractivity contribution < 1.29 is 28.7 Å². The minimum Gasteiger partial charge on any atom is -0.464 e. The fourth-order valence-corrected chi connectivity index (χ4v) is 9.32. The Hall–Kier alpha value is -4.96. The van der Waals surface area contributed by atoms with Crippen LogP contribution in [0.15, 0.2) is 77.6 Å². The third kappa shape index (κ3) is 6.60. The van der Waals surface area contributed by atoms with E-state index in [1.807, 2.05) is 30.3 Å². The van der Waals surface area contributed by atoms with Crippen LogP contribution in [-0.4, -0.2) is 52.6 Å². The molecule has 2 amide bonds. The summed E-state index contributed by atoms with van der Waals surface area (Å²) >= 11 is 6.36. The Morgan fingerprint density at radius 2 is 1.62 bits per heavy atom. The maximum atomic E-state index is 14.0. The Bertz CT molecular complexity index is 2130. The van der Waals surface area contributed by atoms with Gasteiger partial charge in [0.1, 0.15) is 5.69 Å². The number of nitrogens with zero attached hydrogens (tertiary/aromatic N) is 1. The number of para-hydroxylation sites is 1. The number of hydrogen-bond donors (Lipinski definition) is 2. The molecule has 4 aromatic rings. The van der Waals surface area contributed by atoms with Gasteiger partial charge in [-0.2, -0.15) is 0 Å². The molecule has 8 rings (SSSR count). The molecular formula is C41H42ClN3O7. The Kier molecular flexibility index (Phi) is 9.23. The number of esters is 2. The molecule has 11 heteroatoms. The predicted molar refractivity (Wildman–Crippen MR) is 197 cm³/mol. The van der Waals surface area contributed by atoms with E-state index in [-0.39, 0.29) is 58.3 Å². The van der Waals surface area contributed by atoms with E-state index in [1.54, 1.807) is 60.9 Å². The average molecular weight is 724 g/mol. The number of carbonyl (C=O) groups excluding carboxylic acids is 4. The van der Waals surface area contributed by atoms with Crippen LogP contribution in [0.3, 0.4) is 0 Å². The number of fused-ring (bicyclic) bond motifs is 1. The fourth-order valence-electron chi connectivity index (χ4n) is 9.15. The summed E-state index contributed by atoms with van der Waals surface area (Å²) in [4.78, 5) is 65.8. The van der Waals surface area contributed by atoms with E-state index >= 15 is 0 Å². The number of aromatic nitrogens is 1. The van der Waals surface area contributed by atoms with Crippen LogP contribution in [0.1, 0.15) is 84.8 Å².